The Labute approximate surface area is 111 Å². The fraction of sp³-hybridized carbons (Fsp3) is 0.538. The van der Waals surface area contributed by atoms with Gasteiger partial charge in [-0.1, -0.05) is 0 Å². The second-order valence-electron chi connectivity index (χ2n) is 4.71. The van der Waals surface area contributed by atoms with E-state index in [9.17, 15) is 20.4 Å². The first-order chi connectivity index (χ1) is 9.13. The van der Waals surface area contributed by atoms with E-state index < -0.39 is 0 Å². The number of aliphatic hydroxyl groups is 1. The van der Waals surface area contributed by atoms with Crippen molar-refractivity contribution in [2.24, 2.45) is 0 Å². The second kappa shape index (κ2) is 6.10. The maximum absolute atomic E-state index is 9.96. The molecular formula is C13H20N2O4. The lowest BCUT2D eigenvalue weighted by Gasteiger charge is -2.35. The minimum absolute atomic E-state index is 0.0334. The van der Waals surface area contributed by atoms with Crippen molar-refractivity contribution in [3.63, 3.8) is 0 Å². The van der Waals surface area contributed by atoms with Crippen LogP contribution < -0.4 is 5.32 Å². The quantitative estimate of drug-likeness (QED) is 0.533. The lowest BCUT2D eigenvalue weighted by Crippen LogP contribution is -2.45. The van der Waals surface area contributed by atoms with Gasteiger partial charge >= 0.3 is 0 Å². The summed E-state index contributed by atoms with van der Waals surface area (Å²) in [5.74, 6) is -0.467. The van der Waals surface area contributed by atoms with Crippen LogP contribution in [0.4, 0.5) is 0 Å². The molecule has 1 aromatic carbocycles. The molecule has 1 aliphatic rings. The van der Waals surface area contributed by atoms with Crippen LogP contribution in [0, 0.1) is 0 Å². The van der Waals surface area contributed by atoms with E-state index in [-0.39, 0.29) is 29.9 Å². The fourth-order valence-corrected chi connectivity index (χ4v) is 2.58. The molecule has 1 aliphatic heterocycles. The molecule has 0 bridgehead atoms. The standard InChI is InChI=1S/C13H20N2O4/c16-6-1-10(15-4-2-14-3-5-15)13-11(18)7-9(17)8-12(13)19/h7-8,10,14,16-19H,1-6H2/t10-/m0/s1. The molecule has 106 valence electrons. The van der Waals surface area contributed by atoms with E-state index >= 15 is 0 Å². The Bertz CT molecular complexity index is 410. The minimum Gasteiger partial charge on any atom is -0.508 e. The average molecular weight is 268 g/mol. The van der Waals surface area contributed by atoms with E-state index in [4.69, 9.17) is 0 Å². The predicted octanol–water partition coefficient (Wildman–Crippen LogP) is 0.132. The summed E-state index contributed by atoms with van der Waals surface area (Å²) in [5, 5.41) is 41.7. The van der Waals surface area contributed by atoms with E-state index in [1.54, 1.807) is 0 Å². The van der Waals surface area contributed by atoms with Crippen LogP contribution in [-0.4, -0.2) is 58.1 Å². The zero-order chi connectivity index (χ0) is 13.8. The van der Waals surface area contributed by atoms with Gasteiger partial charge < -0.3 is 25.7 Å². The maximum Gasteiger partial charge on any atom is 0.127 e. The highest BCUT2D eigenvalue weighted by atomic mass is 16.3. The van der Waals surface area contributed by atoms with Crippen LogP contribution in [0.5, 0.6) is 17.2 Å². The van der Waals surface area contributed by atoms with Gasteiger partial charge in [0.15, 0.2) is 0 Å². The Balaban J connectivity index is 2.32. The lowest BCUT2D eigenvalue weighted by molar-refractivity contribution is 0.137. The van der Waals surface area contributed by atoms with E-state index in [1.165, 1.54) is 12.1 Å². The summed E-state index contributed by atoms with van der Waals surface area (Å²) in [6.45, 7) is 3.20. The zero-order valence-electron chi connectivity index (χ0n) is 10.7. The number of phenolic OH excluding ortho intramolecular Hbond substituents is 3. The smallest absolute Gasteiger partial charge is 0.127 e. The van der Waals surface area contributed by atoms with Crippen molar-refractivity contribution in [2.75, 3.05) is 32.8 Å². The third-order valence-electron chi connectivity index (χ3n) is 3.45. The largest absolute Gasteiger partial charge is 0.508 e. The van der Waals surface area contributed by atoms with Gasteiger partial charge in [0.2, 0.25) is 0 Å². The molecule has 6 heteroatoms. The SMILES string of the molecule is OCC[C@@H](c1c(O)cc(O)cc1O)N1CCNCC1. The summed E-state index contributed by atoms with van der Waals surface area (Å²) >= 11 is 0. The van der Waals surface area contributed by atoms with Gasteiger partial charge in [0.1, 0.15) is 17.2 Å². The number of piperazine rings is 1. The van der Waals surface area contributed by atoms with Crippen molar-refractivity contribution in [1.82, 2.24) is 10.2 Å². The minimum atomic E-state index is -0.257. The first-order valence-electron chi connectivity index (χ1n) is 6.44. The molecular weight excluding hydrogens is 248 g/mol. The van der Waals surface area contributed by atoms with Gasteiger partial charge in [0.05, 0.1) is 5.56 Å². The normalized spacial score (nSPS) is 18.4. The molecule has 1 atom stereocenters. The van der Waals surface area contributed by atoms with Crippen LogP contribution in [0.2, 0.25) is 0 Å². The molecule has 0 aromatic heterocycles. The van der Waals surface area contributed by atoms with E-state index in [1.807, 2.05) is 0 Å². The first-order valence-corrected chi connectivity index (χ1v) is 6.44. The van der Waals surface area contributed by atoms with Crippen molar-refractivity contribution >= 4 is 0 Å². The van der Waals surface area contributed by atoms with E-state index in [0.717, 1.165) is 26.2 Å². The van der Waals surface area contributed by atoms with Gasteiger partial charge in [0, 0.05) is 51.0 Å². The predicted molar refractivity (Wildman–Crippen MR) is 70.3 cm³/mol. The second-order valence-corrected chi connectivity index (χ2v) is 4.71. The van der Waals surface area contributed by atoms with Gasteiger partial charge in [-0.25, -0.2) is 0 Å². The molecule has 0 unspecified atom stereocenters. The Morgan fingerprint density at radius 3 is 2.21 bits per heavy atom. The van der Waals surface area contributed by atoms with Gasteiger partial charge in [-0.2, -0.15) is 0 Å². The number of benzene rings is 1. The van der Waals surface area contributed by atoms with Crippen molar-refractivity contribution in [3.05, 3.63) is 17.7 Å². The van der Waals surface area contributed by atoms with Gasteiger partial charge in [-0.15, -0.1) is 0 Å². The lowest BCUT2D eigenvalue weighted by atomic mass is 9.99. The highest BCUT2D eigenvalue weighted by Gasteiger charge is 2.27. The highest BCUT2D eigenvalue weighted by molar-refractivity contribution is 5.50. The molecule has 1 saturated heterocycles. The van der Waals surface area contributed by atoms with Crippen molar-refractivity contribution in [1.29, 1.82) is 0 Å². The van der Waals surface area contributed by atoms with Crippen molar-refractivity contribution in [2.45, 2.75) is 12.5 Å². The van der Waals surface area contributed by atoms with Gasteiger partial charge in [-0.05, 0) is 6.42 Å². The number of nitrogens with zero attached hydrogens (tertiary/aromatic N) is 1. The number of hydrogen-bond donors (Lipinski definition) is 5. The summed E-state index contributed by atoms with van der Waals surface area (Å²) in [7, 11) is 0. The summed E-state index contributed by atoms with van der Waals surface area (Å²) < 4.78 is 0. The number of phenols is 3. The molecule has 0 amide bonds. The number of aromatic hydroxyl groups is 3. The third-order valence-corrected chi connectivity index (χ3v) is 3.45. The van der Waals surface area contributed by atoms with E-state index in [2.05, 4.69) is 10.2 Å². The first kappa shape index (κ1) is 13.9. The molecule has 19 heavy (non-hydrogen) atoms. The monoisotopic (exact) mass is 268 g/mol. The Hall–Kier alpha value is -1.50. The molecule has 0 radical (unpaired) electrons. The van der Waals surface area contributed by atoms with Crippen LogP contribution in [-0.2, 0) is 0 Å². The Morgan fingerprint density at radius 1 is 1.11 bits per heavy atom. The van der Waals surface area contributed by atoms with Crippen LogP contribution >= 0.6 is 0 Å². The van der Waals surface area contributed by atoms with Crippen LogP contribution in [0.1, 0.15) is 18.0 Å². The molecule has 6 nitrogen and oxygen atoms in total. The summed E-state index contributed by atoms with van der Waals surface area (Å²) in [6, 6.07) is 2.16. The molecule has 1 heterocycles. The van der Waals surface area contributed by atoms with Gasteiger partial charge in [-0.3, -0.25) is 4.90 Å². The zero-order valence-corrected chi connectivity index (χ0v) is 10.7. The number of rotatable bonds is 4. The average Bonchev–Trinajstić information content (AvgIpc) is 2.37. The summed E-state index contributed by atoms with van der Waals surface area (Å²) in [4.78, 5) is 2.11. The molecule has 1 fully saturated rings. The van der Waals surface area contributed by atoms with Crippen LogP contribution in [0.25, 0.3) is 0 Å². The highest BCUT2D eigenvalue weighted by Crippen LogP contribution is 2.40. The Kier molecular flexibility index (Phi) is 4.47. The topological polar surface area (TPSA) is 96.2 Å². The summed E-state index contributed by atoms with van der Waals surface area (Å²) in [6.07, 6.45) is 0.423. The molecule has 0 saturated carbocycles. The fourth-order valence-electron chi connectivity index (χ4n) is 2.58. The molecule has 5 N–H and O–H groups in total. The number of nitrogens with one attached hydrogen (secondary N) is 1. The molecule has 0 aliphatic carbocycles. The number of hydrogen-bond acceptors (Lipinski definition) is 6. The molecule has 0 spiro atoms. The number of aliphatic hydroxyl groups excluding tert-OH is 1. The van der Waals surface area contributed by atoms with Crippen molar-refractivity contribution in [3.8, 4) is 17.2 Å². The summed E-state index contributed by atoms with van der Waals surface area (Å²) in [5.41, 5.74) is 0.369. The molecule has 2 rings (SSSR count). The third kappa shape index (κ3) is 3.09. The Morgan fingerprint density at radius 2 is 1.68 bits per heavy atom. The molecule has 1 aromatic rings. The van der Waals surface area contributed by atoms with Crippen LogP contribution in [0.15, 0.2) is 12.1 Å². The van der Waals surface area contributed by atoms with Gasteiger partial charge in [0.25, 0.3) is 0 Å². The van der Waals surface area contributed by atoms with Crippen molar-refractivity contribution < 1.29 is 20.4 Å². The van der Waals surface area contributed by atoms with Crippen LogP contribution in [0.3, 0.4) is 0 Å². The maximum atomic E-state index is 9.96. The van der Waals surface area contributed by atoms with E-state index in [0.29, 0.717) is 12.0 Å².